The van der Waals surface area contributed by atoms with E-state index in [-0.39, 0.29) is 28.7 Å². The number of rotatable bonds is 1. The van der Waals surface area contributed by atoms with Crippen LogP contribution in [0.15, 0.2) is 0 Å². The second-order valence-corrected chi connectivity index (χ2v) is 8.30. The molecule has 4 fully saturated rings. The lowest BCUT2D eigenvalue weighted by Crippen LogP contribution is -2.51. The van der Waals surface area contributed by atoms with Gasteiger partial charge in [-0.3, -0.25) is 9.59 Å². The number of hydrogen-bond donors (Lipinski definition) is 1. The molecule has 1 atom stereocenters. The van der Waals surface area contributed by atoms with Gasteiger partial charge in [0.1, 0.15) is 6.04 Å². The summed E-state index contributed by atoms with van der Waals surface area (Å²) in [6, 6.07) is -0.179. The van der Waals surface area contributed by atoms with E-state index in [0.717, 1.165) is 25.9 Å². The third-order valence-corrected chi connectivity index (χ3v) is 6.87. The summed E-state index contributed by atoms with van der Waals surface area (Å²) in [5.41, 5.74) is 0.221. The highest BCUT2D eigenvalue weighted by Crippen LogP contribution is 2.49. The molecule has 0 bridgehead atoms. The third-order valence-electron chi connectivity index (χ3n) is 6.87. The Bertz CT molecular complexity index is 475. The lowest BCUT2D eigenvalue weighted by Gasteiger charge is -2.41. The average molecular weight is 304 g/mol. The second kappa shape index (κ2) is 5.24. The Hall–Kier alpha value is -1.06. The molecule has 22 heavy (non-hydrogen) atoms. The third kappa shape index (κ3) is 2.17. The molecule has 0 aromatic rings. The van der Waals surface area contributed by atoms with Crippen molar-refractivity contribution in [2.45, 2.75) is 76.7 Å². The SMILES string of the molecule is O=C1NCC2(CCCCC2)C1N1CC2(CCCCC2)CC1=O. The summed E-state index contributed by atoms with van der Waals surface area (Å²) in [4.78, 5) is 27.3. The highest BCUT2D eigenvalue weighted by atomic mass is 16.2. The first kappa shape index (κ1) is 14.5. The van der Waals surface area contributed by atoms with Crippen molar-refractivity contribution in [1.82, 2.24) is 10.2 Å². The number of nitrogens with zero attached hydrogens (tertiary/aromatic N) is 1. The van der Waals surface area contributed by atoms with Crippen molar-refractivity contribution in [1.29, 1.82) is 0 Å². The summed E-state index contributed by atoms with van der Waals surface area (Å²) in [5.74, 6) is 0.358. The van der Waals surface area contributed by atoms with E-state index in [1.165, 1.54) is 51.4 Å². The van der Waals surface area contributed by atoms with Crippen LogP contribution in [-0.2, 0) is 9.59 Å². The fourth-order valence-corrected chi connectivity index (χ4v) is 5.71. The number of amides is 2. The van der Waals surface area contributed by atoms with Gasteiger partial charge in [0.15, 0.2) is 0 Å². The van der Waals surface area contributed by atoms with Crippen LogP contribution >= 0.6 is 0 Å². The first-order valence-electron chi connectivity index (χ1n) is 9.22. The lowest BCUT2D eigenvalue weighted by atomic mass is 9.70. The molecule has 0 radical (unpaired) electrons. The molecule has 2 heterocycles. The number of carbonyl (C=O) groups excluding carboxylic acids is 2. The van der Waals surface area contributed by atoms with Crippen molar-refractivity contribution in [3.8, 4) is 0 Å². The molecule has 1 N–H and O–H groups in total. The lowest BCUT2D eigenvalue weighted by molar-refractivity contribution is -0.139. The first-order chi connectivity index (χ1) is 10.6. The number of likely N-dealkylation sites (tertiary alicyclic amines) is 1. The van der Waals surface area contributed by atoms with Gasteiger partial charge >= 0.3 is 0 Å². The molecule has 2 saturated carbocycles. The smallest absolute Gasteiger partial charge is 0.243 e. The maximum atomic E-state index is 12.8. The van der Waals surface area contributed by atoms with E-state index in [1.807, 2.05) is 4.90 Å². The predicted octanol–water partition coefficient (Wildman–Crippen LogP) is 2.62. The standard InChI is InChI=1S/C18H28N2O2/c21-14-11-17(7-3-1-4-8-17)13-20(14)15-16(22)19-12-18(15)9-5-2-6-10-18/h15H,1-13H2,(H,19,22). The van der Waals surface area contributed by atoms with Crippen LogP contribution < -0.4 is 5.32 Å². The molecule has 2 spiro atoms. The van der Waals surface area contributed by atoms with Crippen LogP contribution in [0.1, 0.15) is 70.6 Å². The molecule has 0 aromatic carbocycles. The zero-order chi connectivity index (χ0) is 15.2. The number of nitrogens with one attached hydrogen (secondary N) is 1. The molecule has 4 nitrogen and oxygen atoms in total. The summed E-state index contributed by atoms with van der Waals surface area (Å²) in [6.45, 7) is 1.62. The normalized spacial score (nSPS) is 33.6. The van der Waals surface area contributed by atoms with Crippen molar-refractivity contribution >= 4 is 11.8 Å². The second-order valence-electron chi connectivity index (χ2n) is 8.30. The van der Waals surface area contributed by atoms with Gasteiger partial charge in [-0.05, 0) is 31.1 Å². The van der Waals surface area contributed by atoms with Gasteiger partial charge in [-0.15, -0.1) is 0 Å². The first-order valence-corrected chi connectivity index (χ1v) is 9.22. The Kier molecular flexibility index (Phi) is 3.46. The van der Waals surface area contributed by atoms with Gasteiger partial charge in [0.2, 0.25) is 11.8 Å². The molecule has 2 aliphatic carbocycles. The van der Waals surface area contributed by atoms with Gasteiger partial charge < -0.3 is 10.2 Å². The molecule has 0 aromatic heterocycles. The fourth-order valence-electron chi connectivity index (χ4n) is 5.71. The fraction of sp³-hybridized carbons (Fsp3) is 0.889. The molecular weight excluding hydrogens is 276 g/mol. The Morgan fingerprint density at radius 1 is 0.909 bits per heavy atom. The van der Waals surface area contributed by atoms with Crippen LogP contribution in [0.25, 0.3) is 0 Å². The molecule has 4 aliphatic rings. The van der Waals surface area contributed by atoms with Gasteiger partial charge in [-0.2, -0.15) is 0 Å². The predicted molar refractivity (Wildman–Crippen MR) is 84.2 cm³/mol. The van der Waals surface area contributed by atoms with Crippen LogP contribution in [-0.4, -0.2) is 35.8 Å². The molecule has 4 heteroatoms. The minimum atomic E-state index is -0.179. The van der Waals surface area contributed by atoms with Crippen molar-refractivity contribution in [2.75, 3.05) is 13.1 Å². The minimum Gasteiger partial charge on any atom is -0.354 e. The number of carbonyl (C=O) groups is 2. The van der Waals surface area contributed by atoms with Gasteiger partial charge in [0.05, 0.1) is 0 Å². The van der Waals surface area contributed by atoms with Gasteiger partial charge in [0, 0.05) is 24.9 Å². The number of hydrogen-bond acceptors (Lipinski definition) is 2. The van der Waals surface area contributed by atoms with Crippen molar-refractivity contribution in [2.24, 2.45) is 10.8 Å². The van der Waals surface area contributed by atoms with E-state index in [9.17, 15) is 9.59 Å². The van der Waals surface area contributed by atoms with Crippen LogP contribution in [0.5, 0.6) is 0 Å². The van der Waals surface area contributed by atoms with Gasteiger partial charge in [-0.1, -0.05) is 38.5 Å². The zero-order valence-electron chi connectivity index (χ0n) is 13.5. The van der Waals surface area contributed by atoms with E-state index in [2.05, 4.69) is 5.32 Å². The largest absolute Gasteiger partial charge is 0.354 e. The van der Waals surface area contributed by atoms with E-state index >= 15 is 0 Å². The summed E-state index contributed by atoms with van der Waals surface area (Å²) in [6.07, 6.45) is 12.8. The Morgan fingerprint density at radius 3 is 2.23 bits per heavy atom. The minimum absolute atomic E-state index is 0.0329. The molecular formula is C18H28N2O2. The zero-order valence-corrected chi connectivity index (χ0v) is 13.5. The van der Waals surface area contributed by atoms with E-state index in [1.54, 1.807) is 0 Å². The maximum absolute atomic E-state index is 12.8. The van der Waals surface area contributed by atoms with E-state index < -0.39 is 0 Å². The van der Waals surface area contributed by atoms with E-state index in [4.69, 9.17) is 0 Å². The average Bonchev–Trinajstić information content (AvgIpc) is 2.99. The van der Waals surface area contributed by atoms with Crippen LogP contribution in [0.4, 0.5) is 0 Å². The van der Waals surface area contributed by atoms with E-state index in [0.29, 0.717) is 6.42 Å². The van der Waals surface area contributed by atoms with Crippen molar-refractivity contribution < 1.29 is 9.59 Å². The summed E-state index contributed by atoms with van der Waals surface area (Å²) in [5, 5.41) is 3.09. The molecule has 2 amide bonds. The Balaban J connectivity index is 1.59. The summed E-state index contributed by atoms with van der Waals surface area (Å²) in [7, 11) is 0. The van der Waals surface area contributed by atoms with Gasteiger partial charge in [0.25, 0.3) is 0 Å². The maximum Gasteiger partial charge on any atom is 0.243 e. The Morgan fingerprint density at radius 2 is 1.55 bits per heavy atom. The summed E-state index contributed by atoms with van der Waals surface area (Å²) >= 11 is 0. The molecule has 1 unspecified atom stereocenters. The Labute approximate surface area is 133 Å². The van der Waals surface area contributed by atoms with Crippen LogP contribution in [0.3, 0.4) is 0 Å². The summed E-state index contributed by atoms with van der Waals surface area (Å²) < 4.78 is 0. The van der Waals surface area contributed by atoms with Crippen LogP contribution in [0.2, 0.25) is 0 Å². The topological polar surface area (TPSA) is 49.4 Å². The highest BCUT2D eigenvalue weighted by molar-refractivity contribution is 5.91. The van der Waals surface area contributed by atoms with Crippen molar-refractivity contribution in [3.05, 3.63) is 0 Å². The highest BCUT2D eigenvalue weighted by Gasteiger charge is 2.56. The molecule has 2 aliphatic heterocycles. The van der Waals surface area contributed by atoms with Crippen LogP contribution in [0, 0.1) is 10.8 Å². The molecule has 4 rings (SSSR count). The molecule has 2 saturated heterocycles. The molecule has 122 valence electrons. The quantitative estimate of drug-likeness (QED) is 0.809. The van der Waals surface area contributed by atoms with Crippen molar-refractivity contribution in [3.63, 3.8) is 0 Å². The van der Waals surface area contributed by atoms with Gasteiger partial charge in [-0.25, -0.2) is 0 Å². The monoisotopic (exact) mass is 304 g/mol.